The molecule has 0 spiro atoms. The van der Waals surface area contributed by atoms with Gasteiger partial charge in [0.25, 0.3) is 0 Å². The van der Waals surface area contributed by atoms with Crippen LogP contribution in [0.25, 0.3) is 6.08 Å². The van der Waals surface area contributed by atoms with Gasteiger partial charge in [-0.25, -0.2) is 4.79 Å². The lowest BCUT2D eigenvalue weighted by molar-refractivity contribution is -0.132. The molecule has 0 aliphatic rings. The molecule has 1 rings (SSSR count). The van der Waals surface area contributed by atoms with Crippen molar-refractivity contribution in [3.8, 4) is 0 Å². The molecule has 1 N–H and O–H groups in total. The van der Waals surface area contributed by atoms with Gasteiger partial charge in [-0.3, -0.25) is 0 Å². The number of hydrogen-bond acceptors (Lipinski definition) is 2. The Bertz CT molecular complexity index is 283. The molecular weight excluding hydrogens is 156 g/mol. The standard InChI is InChI=1S/C9H10O3/c1-2-7(9(10)11)6-8-4-3-5-12-8/h3-6H,2H2,1H3,(H,10,11)/b7-6-. The summed E-state index contributed by atoms with van der Waals surface area (Å²) in [7, 11) is 0. The van der Waals surface area contributed by atoms with E-state index in [2.05, 4.69) is 0 Å². The summed E-state index contributed by atoms with van der Waals surface area (Å²) >= 11 is 0. The minimum atomic E-state index is -0.895. The molecule has 0 saturated heterocycles. The summed E-state index contributed by atoms with van der Waals surface area (Å²) in [5.74, 6) is -0.317. The van der Waals surface area contributed by atoms with Crippen molar-refractivity contribution in [1.29, 1.82) is 0 Å². The average Bonchev–Trinajstić information content (AvgIpc) is 2.51. The zero-order valence-electron chi connectivity index (χ0n) is 6.78. The third kappa shape index (κ3) is 1.99. The first-order valence-corrected chi connectivity index (χ1v) is 3.71. The van der Waals surface area contributed by atoms with Gasteiger partial charge in [-0.1, -0.05) is 6.92 Å². The fraction of sp³-hybridized carbons (Fsp3) is 0.222. The van der Waals surface area contributed by atoms with Gasteiger partial charge >= 0.3 is 5.97 Å². The zero-order valence-corrected chi connectivity index (χ0v) is 6.78. The summed E-state index contributed by atoms with van der Waals surface area (Å²) in [5.41, 5.74) is 0.352. The molecule has 0 unspecified atom stereocenters. The van der Waals surface area contributed by atoms with Crippen molar-refractivity contribution >= 4 is 12.0 Å². The minimum absolute atomic E-state index is 0.352. The monoisotopic (exact) mass is 166 g/mol. The van der Waals surface area contributed by atoms with Gasteiger partial charge in [0.05, 0.1) is 6.26 Å². The molecule has 3 heteroatoms. The van der Waals surface area contributed by atoms with E-state index in [9.17, 15) is 4.79 Å². The fourth-order valence-corrected chi connectivity index (χ4v) is 0.860. The molecule has 1 aromatic rings. The van der Waals surface area contributed by atoms with E-state index < -0.39 is 5.97 Å². The molecule has 0 aliphatic carbocycles. The Balaban J connectivity index is 2.85. The lowest BCUT2D eigenvalue weighted by Crippen LogP contribution is -1.98. The predicted octanol–water partition coefficient (Wildman–Crippen LogP) is 2.16. The molecule has 0 radical (unpaired) electrons. The molecular formula is C9H10O3. The van der Waals surface area contributed by atoms with Crippen molar-refractivity contribution in [2.24, 2.45) is 0 Å². The third-order valence-corrected chi connectivity index (χ3v) is 1.52. The van der Waals surface area contributed by atoms with Crippen LogP contribution in [0.5, 0.6) is 0 Å². The van der Waals surface area contributed by atoms with Crippen LogP contribution in [0.3, 0.4) is 0 Å². The van der Waals surface area contributed by atoms with Crippen molar-refractivity contribution in [2.45, 2.75) is 13.3 Å². The highest BCUT2D eigenvalue weighted by molar-refractivity contribution is 5.91. The van der Waals surface area contributed by atoms with Crippen LogP contribution >= 0.6 is 0 Å². The molecule has 1 heterocycles. The summed E-state index contributed by atoms with van der Waals surface area (Å²) in [6.45, 7) is 1.79. The van der Waals surface area contributed by atoms with Crippen LogP contribution in [-0.4, -0.2) is 11.1 Å². The van der Waals surface area contributed by atoms with Crippen molar-refractivity contribution in [3.63, 3.8) is 0 Å². The molecule has 0 aliphatic heterocycles. The largest absolute Gasteiger partial charge is 0.478 e. The first-order chi connectivity index (χ1) is 5.74. The second kappa shape index (κ2) is 3.76. The van der Waals surface area contributed by atoms with Crippen LogP contribution in [-0.2, 0) is 4.79 Å². The molecule has 0 atom stereocenters. The second-order valence-corrected chi connectivity index (χ2v) is 2.34. The summed E-state index contributed by atoms with van der Waals surface area (Å²) < 4.78 is 4.98. The Morgan fingerprint density at radius 1 is 1.75 bits per heavy atom. The van der Waals surface area contributed by atoms with E-state index in [0.717, 1.165) is 0 Å². The SMILES string of the molecule is CC/C(=C/c1ccco1)C(=O)O. The Hall–Kier alpha value is -1.51. The van der Waals surface area contributed by atoms with E-state index in [1.807, 2.05) is 0 Å². The van der Waals surface area contributed by atoms with Crippen LogP contribution in [0, 0.1) is 0 Å². The number of furan rings is 1. The normalized spacial score (nSPS) is 11.6. The van der Waals surface area contributed by atoms with Crippen molar-refractivity contribution < 1.29 is 14.3 Å². The maximum atomic E-state index is 10.5. The molecule has 1 aromatic heterocycles. The van der Waals surface area contributed by atoms with Crippen LogP contribution in [0.2, 0.25) is 0 Å². The summed E-state index contributed by atoms with van der Waals surface area (Å²) in [4.78, 5) is 10.5. The van der Waals surface area contributed by atoms with Gasteiger partial charge in [-0.15, -0.1) is 0 Å². The maximum Gasteiger partial charge on any atom is 0.331 e. The van der Waals surface area contributed by atoms with Gasteiger partial charge in [0.2, 0.25) is 0 Å². The molecule has 0 saturated carbocycles. The summed E-state index contributed by atoms with van der Waals surface area (Å²) in [6, 6.07) is 3.44. The van der Waals surface area contributed by atoms with Crippen LogP contribution in [0.4, 0.5) is 0 Å². The highest BCUT2D eigenvalue weighted by atomic mass is 16.4. The first-order valence-electron chi connectivity index (χ1n) is 3.71. The first kappa shape index (κ1) is 8.59. The van der Waals surface area contributed by atoms with Crippen LogP contribution < -0.4 is 0 Å². The molecule has 3 nitrogen and oxygen atoms in total. The van der Waals surface area contributed by atoms with E-state index in [4.69, 9.17) is 9.52 Å². The third-order valence-electron chi connectivity index (χ3n) is 1.52. The Labute approximate surface area is 70.3 Å². The van der Waals surface area contributed by atoms with E-state index in [1.54, 1.807) is 19.1 Å². The smallest absolute Gasteiger partial charge is 0.331 e. The number of hydrogen-bond donors (Lipinski definition) is 1. The van der Waals surface area contributed by atoms with E-state index >= 15 is 0 Å². The minimum Gasteiger partial charge on any atom is -0.478 e. The van der Waals surface area contributed by atoms with Crippen LogP contribution in [0.1, 0.15) is 19.1 Å². The molecule has 0 fully saturated rings. The van der Waals surface area contributed by atoms with Crippen LogP contribution in [0.15, 0.2) is 28.4 Å². The highest BCUT2D eigenvalue weighted by Crippen LogP contribution is 2.09. The van der Waals surface area contributed by atoms with E-state index in [0.29, 0.717) is 17.8 Å². The topological polar surface area (TPSA) is 50.4 Å². The molecule has 0 amide bonds. The van der Waals surface area contributed by atoms with E-state index in [-0.39, 0.29) is 0 Å². The number of carboxylic acid groups (broad SMARTS) is 1. The van der Waals surface area contributed by atoms with Gasteiger partial charge in [0, 0.05) is 5.57 Å². The lowest BCUT2D eigenvalue weighted by atomic mass is 10.2. The zero-order chi connectivity index (χ0) is 8.97. The van der Waals surface area contributed by atoms with Gasteiger partial charge in [0.1, 0.15) is 5.76 Å². The molecule has 0 aromatic carbocycles. The highest BCUT2D eigenvalue weighted by Gasteiger charge is 2.04. The van der Waals surface area contributed by atoms with Gasteiger partial charge in [-0.05, 0) is 24.6 Å². The van der Waals surface area contributed by atoms with Gasteiger partial charge in [-0.2, -0.15) is 0 Å². The van der Waals surface area contributed by atoms with Crippen molar-refractivity contribution in [2.75, 3.05) is 0 Å². The Morgan fingerprint density at radius 2 is 2.50 bits per heavy atom. The average molecular weight is 166 g/mol. The van der Waals surface area contributed by atoms with Crippen molar-refractivity contribution in [1.82, 2.24) is 0 Å². The van der Waals surface area contributed by atoms with Gasteiger partial charge in [0.15, 0.2) is 0 Å². The quantitative estimate of drug-likeness (QED) is 0.700. The van der Waals surface area contributed by atoms with Crippen molar-refractivity contribution in [3.05, 3.63) is 29.7 Å². The Kier molecular flexibility index (Phi) is 2.69. The lowest BCUT2D eigenvalue weighted by Gasteiger charge is -1.94. The number of rotatable bonds is 3. The fourth-order valence-electron chi connectivity index (χ4n) is 0.860. The predicted molar refractivity (Wildman–Crippen MR) is 44.6 cm³/mol. The molecule has 64 valence electrons. The van der Waals surface area contributed by atoms with E-state index in [1.165, 1.54) is 12.3 Å². The summed E-state index contributed by atoms with van der Waals surface area (Å²) in [5, 5.41) is 8.66. The van der Waals surface area contributed by atoms with Gasteiger partial charge < -0.3 is 9.52 Å². The number of carboxylic acids is 1. The number of aliphatic carboxylic acids is 1. The molecule has 12 heavy (non-hydrogen) atoms. The summed E-state index contributed by atoms with van der Waals surface area (Å²) in [6.07, 6.45) is 3.54. The molecule has 0 bridgehead atoms. The second-order valence-electron chi connectivity index (χ2n) is 2.34. The number of carbonyl (C=O) groups is 1. The Morgan fingerprint density at radius 3 is 2.92 bits per heavy atom. The maximum absolute atomic E-state index is 10.5.